The van der Waals surface area contributed by atoms with Crippen molar-refractivity contribution < 1.29 is 9.47 Å². The maximum Gasteiger partial charge on any atom is 0.0730 e. The highest BCUT2D eigenvalue weighted by Gasteiger charge is 2.36. The van der Waals surface area contributed by atoms with Crippen LogP contribution in [-0.2, 0) is 9.47 Å². The van der Waals surface area contributed by atoms with Crippen LogP contribution < -0.4 is 5.32 Å². The monoisotopic (exact) mass is 296 g/mol. The molecule has 0 amide bonds. The first-order chi connectivity index (χ1) is 10.2. The maximum absolute atomic E-state index is 6.25. The summed E-state index contributed by atoms with van der Waals surface area (Å²) in [7, 11) is 0. The number of nitrogens with one attached hydrogen (secondary N) is 1. The molecule has 0 spiro atoms. The van der Waals surface area contributed by atoms with Gasteiger partial charge in [-0.1, -0.05) is 26.7 Å². The van der Waals surface area contributed by atoms with Gasteiger partial charge in [0.15, 0.2) is 0 Å². The van der Waals surface area contributed by atoms with Gasteiger partial charge >= 0.3 is 0 Å². The van der Waals surface area contributed by atoms with Crippen molar-refractivity contribution in [1.82, 2.24) is 10.2 Å². The molecule has 0 aromatic rings. The number of ether oxygens (including phenoxy) is 2. The number of morpholine rings is 1. The zero-order chi connectivity index (χ0) is 14.7. The second-order valence-electron chi connectivity index (χ2n) is 7.28. The summed E-state index contributed by atoms with van der Waals surface area (Å²) < 4.78 is 12.2. The number of hydrogen-bond acceptors (Lipinski definition) is 4. The summed E-state index contributed by atoms with van der Waals surface area (Å²) in [6.07, 6.45) is 9.06. The Morgan fingerprint density at radius 1 is 1.10 bits per heavy atom. The molecular formula is C17H32N2O2. The zero-order valence-electron chi connectivity index (χ0n) is 13.7. The molecule has 1 N–H and O–H groups in total. The zero-order valence-corrected chi connectivity index (χ0v) is 13.7. The van der Waals surface area contributed by atoms with Crippen LogP contribution in [0.4, 0.5) is 0 Å². The Morgan fingerprint density at radius 2 is 1.90 bits per heavy atom. The van der Waals surface area contributed by atoms with Gasteiger partial charge in [-0.2, -0.15) is 0 Å². The first kappa shape index (κ1) is 15.7. The Balaban J connectivity index is 1.45. The second-order valence-corrected chi connectivity index (χ2v) is 7.28. The van der Waals surface area contributed by atoms with Crippen molar-refractivity contribution >= 4 is 0 Å². The molecule has 3 fully saturated rings. The topological polar surface area (TPSA) is 33.7 Å². The quantitative estimate of drug-likeness (QED) is 0.843. The molecule has 0 aromatic heterocycles. The molecule has 3 aliphatic rings. The highest BCUT2D eigenvalue weighted by atomic mass is 16.5. The normalized spacial score (nSPS) is 37.9. The van der Waals surface area contributed by atoms with Crippen molar-refractivity contribution in [3.8, 4) is 0 Å². The van der Waals surface area contributed by atoms with Crippen LogP contribution in [0.2, 0.25) is 0 Å². The van der Waals surface area contributed by atoms with Crippen molar-refractivity contribution in [2.24, 2.45) is 0 Å². The van der Waals surface area contributed by atoms with Gasteiger partial charge in [0, 0.05) is 31.7 Å². The largest absolute Gasteiger partial charge is 0.375 e. The fourth-order valence-electron chi connectivity index (χ4n) is 4.10. The van der Waals surface area contributed by atoms with Gasteiger partial charge in [0.1, 0.15) is 0 Å². The lowest BCUT2D eigenvalue weighted by molar-refractivity contribution is -0.101. The number of rotatable bonds is 5. The van der Waals surface area contributed by atoms with Gasteiger partial charge in [-0.3, -0.25) is 4.90 Å². The molecule has 0 radical (unpaired) electrons. The Bertz CT molecular complexity index is 322. The molecule has 3 rings (SSSR count). The van der Waals surface area contributed by atoms with E-state index in [0.717, 1.165) is 26.2 Å². The predicted octanol–water partition coefficient (Wildman–Crippen LogP) is 2.18. The van der Waals surface area contributed by atoms with Crippen molar-refractivity contribution in [2.45, 2.75) is 82.8 Å². The van der Waals surface area contributed by atoms with Gasteiger partial charge in [0.2, 0.25) is 0 Å². The molecule has 0 bridgehead atoms. The summed E-state index contributed by atoms with van der Waals surface area (Å²) in [5.74, 6) is 0. The highest BCUT2D eigenvalue weighted by molar-refractivity contribution is 4.89. The second kappa shape index (κ2) is 7.40. The lowest BCUT2D eigenvalue weighted by atomic mass is 9.90. The van der Waals surface area contributed by atoms with Crippen LogP contribution in [0.15, 0.2) is 0 Å². The van der Waals surface area contributed by atoms with E-state index in [1.807, 2.05) is 0 Å². The van der Waals surface area contributed by atoms with E-state index >= 15 is 0 Å². The summed E-state index contributed by atoms with van der Waals surface area (Å²) >= 11 is 0. The summed E-state index contributed by atoms with van der Waals surface area (Å²) in [5.41, 5.74) is 0. The molecule has 4 unspecified atom stereocenters. The van der Waals surface area contributed by atoms with Crippen LogP contribution in [0.25, 0.3) is 0 Å². The number of nitrogens with zero attached hydrogens (tertiary/aromatic N) is 1. The Hall–Kier alpha value is -0.160. The summed E-state index contributed by atoms with van der Waals surface area (Å²) in [6.45, 7) is 8.51. The van der Waals surface area contributed by atoms with E-state index in [1.54, 1.807) is 0 Å². The molecule has 4 heteroatoms. The molecule has 1 saturated carbocycles. The van der Waals surface area contributed by atoms with Gasteiger partial charge < -0.3 is 14.8 Å². The van der Waals surface area contributed by atoms with Crippen molar-refractivity contribution in [2.75, 3.05) is 26.2 Å². The molecule has 2 heterocycles. The Kier molecular flexibility index (Phi) is 5.54. The molecule has 0 aromatic carbocycles. The standard InChI is InChI=1S/C17H32N2O2/c1-13(2)18-11-14-7-8-15(21-14)12-19-9-10-20-17-6-4-3-5-16(17)19/h13-18H,3-12H2,1-2H3. The summed E-state index contributed by atoms with van der Waals surface area (Å²) in [5, 5.41) is 3.50. The SMILES string of the molecule is CC(C)NCC1CCC(CN2CCOC3CCCCC32)O1. The average molecular weight is 296 g/mol. The van der Waals surface area contributed by atoms with Crippen LogP contribution in [0, 0.1) is 0 Å². The van der Waals surface area contributed by atoms with Crippen LogP contribution in [0.5, 0.6) is 0 Å². The smallest absolute Gasteiger partial charge is 0.0730 e. The minimum absolute atomic E-state index is 0.417. The summed E-state index contributed by atoms with van der Waals surface area (Å²) in [4.78, 5) is 2.66. The minimum atomic E-state index is 0.417. The van der Waals surface area contributed by atoms with Gasteiger partial charge in [-0.25, -0.2) is 0 Å². The first-order valence-corrected chi connectivity index (χ1v) is 8.97. The maximum atomic E-state index is 6.25. The lowest BCUT2D eigenvalue weighted by Gasteiger charge is -2.44. The van der Waals surface area contributed by atoms with Crippen LogP contribution >= 0.6 is 0 Å². The van der Waals surface area contributed by atoms with E-state index in [1.165, 1.54) is 38.5 Å². The van der Waals surface area contributed by atoms with Crippen LogP contribution in [0.1, 0.15) is 52.4 Å². The fourth-order valence-corrected chi connectivity index (χ4v) is 4.10. The molecule has 21 heavy (non-hydrogen) atoms. The van der Waals surface area contributed by atoms with Gasteiger partial charge in [0.05, 0.1) is 24.9 Å². The molecule has 2 aliphatic heterocycles. The number of hydrogen-bond donors (Lipinski definition) is 1. The third-order valence-electron chi connectivity index (χ3n) is 5.23. The average Bonchev–Trinajstić information content (AvgIpc) is 2.93. The van der Waals surface area contributed by atoms with Crippen LogP contribution in [-0.4, -0.2) is 61.5 Å². The van der Waals surface area contributed by atoms with E-state index in [2.05, 4.69) is 24.1 Å². The minimum Gasteiger partial charge on any atom is -0.375 e. The van der Waals surface area contributed by atoms with Crippen molar-refractivity contribution in [3.63, 3.8) is 0 Å². The van der Waals surface area contributed by atoms with Gasteiger partial charge in [-0.05, 0) is 25.7 Å². The van der Waals surface area contributed by atoms with Crippen molar-refractivity contribution in [1.29, 1.82) is 0 Å². The fraction of sp³-hybridized carbons (Fsp3) is 1.00. The van der Waals surface area contributed by atoms with Gasteiger partial charge in [0.25, 0.3) is 0 Å². The van der Waals surface area contributed by atoms with Gasteiger partial charge in [-0.15, -0.1) is 0 Å². The molecule has 4 nitrogen and oxygen atoms in total. The third-order valence-corrected chi connectivity index (χ3v) is 5.23. The molecule has 4 atom stereocenters. The highest BCUT2D eigenvalue weighted by Crippen LogP contribution is 2.30. The molecule has 1 aliphatic carbocycles. The third kappa shape index (κ3) is 4.19. The Morgan fingerprint density at radius 3 is 2.76 bits per heavy atom. The Labute approximate surface area is 129 Å². The number of fused-ring (bicyclic) bond motifs is 1. The van der Waals surface area contributed by atoms with E-state index in [9.17, 15) is 0 Å². The molecule has 122 valence electrons. The summed E-state index contributed by atoms with van der Waals surface area (Å²) in [6, 6.07) is 1.21. The van der Waals surface area contributed by atoms with E-state index in [4.69, 9.17) is 9.47 Å². The van der Waals surface area contributed by atoms with E-state index in [-0.39, 0.29) is 0 Å². The molecule has 2 saturated heterocycles. The first-order valence-electron chi connectivity index (χ1n) is 8.97. The van der Waals surface area contributed by atoms with E-state index < -0.39 is 0 Å². The lowest BCUT2D eigenvalue weighted by Crippen LogP contribution is -2.54. The predicted molar refractivity (Wildman–Crippen MR) is 84.6 cm³/mol. The van der Waals surface area contributed by atoms with Crippen LogP contribution in [0.3, 0.4) is 0 Å². The van der Waals surface area contributed by atoms with E-state index in [0.29, 0.717) is 30.4 Å². The molecular weight excluding hydrogens is 264 g/mol. The van der Waals surface area contributed by atoms with Crippen molar-refractivity contribution in [3.05, 3.63) is 0 Å².